The highest BCUT2D eigenvalue weighted by atomic mass is 19.1. The van der Waals surface area contributed by atoms with Crippen molar-refractivity contribution >= 4 is 23.4 Å². The molecule has 0 aliphatic carbocycles. The minimum atomic E-state index is -0.387. The maximum atomic E-state index is 13.3. The second-order valence-electron chi connectivity index (χ2n) is 9.63. The molecule has 9 heteroatoms. The van der Waals surface area contributed by atoms with Crippen LogP contribution in [0.2, 0.25) is 0 Å². The van der Waals surface area contributed by atoms with Crippen LogP contribution in [-0.4, -0.2) is 54.5 Å². The van der Waals surface area contributed by atoms with E-state index in [1.165, 1.54) is 12.1 Å². The van der Waals surface area contributed by atoms with Crippen LogP contribution in [0.3, 0.4) is 0 Å². The van der Waals surface area contributed by atoms with Crippen LogP contribution in [0, 0.1) is 11.7 Å². The molecular weight excluding hydrogens is 465 g/mol. The van der Waals surface area contributed by atoms with E-state index < -0.39 is 0 Å². The average Bonchev–Trinajstić information content (AvgIpc) is 2.85. The van der Waals surface area contributed by atoms with Gasteiger partial charge in [0.2, 0.25) is 11.8 Å². The third-order valence-electron chi connectivity index (χ3n) is 6.60. The van der Waals surface area contributed by atoms with Gasteiger partial charge in [-0.25, -0.2) is 4.39 Å². The number of halogens is 1. The van der Waals surface area contributed by atoms with Crippen LogP contribution < -0.4 is 15.4 Å². The highest BCUT2D eigenvalue weighted by molar-refractivity contribution is 6.00. The summed E-state index contributed by atoms with van der Waals surface area (Å²) >= 11 is 0. The molecule has 2 aliphatic rings. The quantitative estimate of drug-likeness (QED) is 0.637. The number of benzene rings is 2. The Morgan fingerprint density at radius 3 is 2.72 bits per heavy atom. The van der Waals surface area contributed by atoms with Crippen molar-refractivity contribution in [3.63, 3.8) is 0 Å². The first kappa shape index (κ1) is 25.6. The first-order valence-corrected chi connectivity index (χ1v) is 12.2. The van der Waals surface area contributed by atoms with Crippen LogP contribution in [0.4, 0.5) is 10.1 Å². The number of nitrogens with zero attached hydrogens (tertiary/aromatic N) is 1. The Labute approximate surface area is 210 Å². The molecule has 8 nitrogen and oxygen atoms in total. The molecule has 4 rings (SSSR count). The summed E-state index contributed by atoms with van der Waals surface area (Å²) in [5.41, 5.74) is 1.61. The van der Waals surface area contributed by atoms with E-state index in [1.54, 1.807) is 56.1 Å². The zero-order valence-corrected chi connectivity index (χ0v) is 20.8. The van der Waals surface area contributed by atoms with E-state index in [1.807, 2.05) is 0 Å². The average molecular weight is 498 g/mol. The molecule has 0 bridgehead atoms. The lowest BCUT2D eigenvalue weighted by Gasteiger charge is -2.42. The fourth-order valence-corrected chi connectivity index (χ4v) is 4.52. The zero-order valence-electron chi connectivity index (χ0n) is 20.8. The Bertz CT molecular complexity index is 1140. The monoisotopic (exact) mass is 497 g/mol. The lowest BCUT2D eigenvalue weighted by Crippen LogP contribution is -2.53. The summed E-state index contributed by atoms with van der Waals surface area (Å²) in [7, 11) is 1.74. The normalized spacial score (nSPS) is 21.5. The minimum absolute atomic E-state index is 0.130. The Hall–Kier alpha value is -3.46. The van der Waals surface area contributed by atoms with Gasteiger partial charge in [-0.2, -0.15) is 0 Å². The van der Waals surface area contributed by atoms with Crippen LogP contribution in [0.1, 0.15) is 49.0 Å². The van der Waals surface area contributed by atoms with E-state index >= 15 is 0 Å². The van der Waals surface area contributed by atoms with Gasteiger partial charge >= 0.3 is 0 Å². The van der Waals surface area contributed by atoms with E-state index in [0.29, 0.717) is 35.4 Å². The molecule has 36 heavy (non-hydrogen) atoms. The lowest BCUT2D eigenvalue weighted by atomic mass is 9.94. The molecule has 0 aromatic heterocycles. The number of likely N-dealkylation sites (N-methyl/N-ethyl adjacent to an activating group) is 1. The van der Waals surface area contributed by atoms with E-state index in [0.717, 1.165) is 0 Å². The number of fused-ring (bicyclic) bond motifs is 2. The van der Waals surface area contributed by atoms with Crippen molar-refractivity contribution in [2.24, 2.45) is 5.92 Å². The summed E-state index contributed by atoms with van der Waals surface area (Å²) in [5.74, 6) is -0.626. The highest BCUT2D eigenvalue weighted by Crippen LogP contribution is 2.32. The van der Waals surface area contributed by atoms with Crippen molar-refractivity contribution in [2.45, 2.75) is 57.9 Å². The zero-order chi connectivity index (χ0) is 25.8. The summed E-state index contributed by atoms with van der Waals surface area (Å²) in [6, 6.07) is 10.9. The van der Waals surface area contributed by atoms with Gasteiger partial charge in [-0.3, -0.25) is 14.4 Å². The smallest absolute Gasteiger partial charge is 0.257 e. The van der Waals surface area contributed by atoms with Gasteiger partial charge in [0.05, 0.1) is 24.1 Å². The molecule has 2 heterocycles. The third-order valence-corrected chi connectivity index (χ3v) is 6.60. The Balaban J connectivity index is 1.38. The van der Waals surface area contributed by atoms with Crippen LogP contribution in [-0.2, 0) is 20.9 Å². The van der Waals surface area contributed by atoms with Crippen LogP contribution in [0.15, 0.2) is 42.5 Å². The highest BCUT2D eigenvalue weighted by Gasteiger charge is 2.39. The number of hydrogen-bond acceptors (Lipinski definition) is 5. The Kier molecular flexibility index (Phi) is 7.88. The van der Waals surface area contributed by atoms with E-state index in [4.69, 9.17) is 9.47 Å². The molecule has 1 saturated heterocycles. The number of amides is 3. The number of anilines is 1. The number of hydrogen-bond donors (Lipinski definition) is 2. The number of carbonyl (C=O) groups is 3. The molecule has 2 N–H and O–H groups in total. The van der Waals surface area contributed by atoms with Crippen LogP contribution in [0.5, 0.6) is 5.75 Å². The molecule has 2 aromatic carbocycles. The summed E-state index contributed by atoms with van der Waals surface area (Å²) in [4.78, 5) is 39.5. The third kappa shape index (κ3) is 6.02. The van der Waals surface area contributed by atoms with Gasteiger partial charge in [-0.15, -0.1) is 0 Å². The SMILES string of the molecule is CC(C)C(=O)Nc1ccc2c(c1)C(=O)N(C)[C@@H]1CC[C@H](CC(=O)NCc3cccc(F)c3)O[C@@H]1CO2. The first-order chi connectivity index (χ1) is 17.2. The van der Waals surface area contributed by atoms with Crippen molar-refractivity contribution in [1.82, 2.24) is 10.2 Å². The molecule has 192 valence electrons. The van der Waals surface area contributed by atoms with Crippen molar-refractivity contribution in [2.75, 3.05) is 19.0 Å². The topological polar surface area (TPSA) is 97.0 Å². The first-order valence-electron chi connectivity index (χ1n) is 12.2. The Morgan fingerprint density at radius 1 is 1.17 bits per heavy atom. The molecule has 0 radical (unpaired) electrons. The second kappa shape index (κ2) is 11.1. The van der Waals surface area contributed by atoms with Crippen LogP contribution >= 0.6 is 0 Å². The lowest BCUT2D eigenvalue weighted by molar-refractivity contribution is -0.134. The molecule has 2 aromatic rings. The van der Waals surface area contributed by atoms with Gasteiger partial charge < -0.3 is 25.0 Å². The maximum Gasteiger partial charge on any atom is 0.257 e. The molecule has 3 amide bonds. The van der Waals surface area contributed by atoms with Gasteiger partial charge in [0.15, 0.2) is 0 Å². The fraction of sp³-hybridized carbons (Fsp3) is 0.444. The van der Waals surface area contributed by atoms with Crippen LogP contribution in [0.25, 0.3) is 0 Å². The van der Waals surface area contributed by atoms with Crippen molar-refractivity contribution in [1.29, 1.82) is 0 Å². The summed E-state index contributed by atoms with van der Waals surface area (Å²) in [5, 5.41) is 5.63. The molecular formula is C27H32FN3O5. The summed E-state index contributed by atoms with van der Waals surface area (Å²) < 4.78 is 25.5. The molecule has 0 spiro atoms. The maximum absolute atomic E-state index is 13.3. The molecule has 1 fully saturated rings. The van der Waals surface area contributed by atoms with Crippen molar-refractivity contribution in [3.8, 4) is 5.75 Å². The van der Waals surface area contributed by atoms with Crippen molar-refractivity contribution < 1.29 is 28.2 Å². The van der Waals surface area contributed by atoms with Gasteiger partial charge in [-0.05, 0) is 48.7 Å². The number of rotatable bonds is 6. The molecule has 0 saturated carbocycles. The van der Waals surface area contributed by atoms with Gasteiger partial charge in [0, 0.05) is 25.2 Å². The predicted octanol–water partition coefficient (Wildman–Crippen LogP) is 3.51. The van der Waals surface area contributed by atoms with E-state index in [2.05, 4.69) is 10.6 Å². The summed E-state index contributed by atoms with van der Waals surface area (Å²) in [6.45, 7) is 4.07. The van der Waals surface area contributed by atoms with Gasteiger partial charge in [-0.1, -0.05) is 26.0 Å². The Morgan fingerprint density at radius 2 is 1.97 bits per heavy atom. The summed E-state index contributed by atoms with van der Waals surface area (Å²) in [6.07, 6.45) is 0.757. The molecule has 3 atom stereocenters. The van der Waals surface area contributed by atoms with Gasteiger partial charge in [0.25, 0.3) is 5.91 Å². The fourth-order valence-electron chi connectivity index (χ4n) is 4.52. The largest absolute Gasteiger partial charge is 0.490 e. The van der Waals surface area contributed by atoms with E-state index in [-0.39, 0.29) is 67.3 Å². The number of ether oxygens (including phenoxy) is 2. The molecule has 0 unspecified atom stereocenters. The van der Waals surface area contributed by atoms with E-state index in [9.17, 15) is 18.8 Å². The second-order valence-corrected chi connectivity index (χ2v) is 9.63. The van der Waals surface area contributed by atoms with Gasteiger partial charge in [0.1, 0.15) is 24.3 Å². The predicted molar refractivity (Wildman–Crippen MR) is 132 cm³/mol. The number of carbonyl (C=O) groups excluding carboxylic acids is 3. The van der Waals surface area contributed by atoms with Crippen molar-refractivity contribution in [3.05, 3.63) is 59.4 Å². The number of nitrogens with one attached hydrogen (secondary N) is 2. The molecule has 2 aliphatic heterocycles. The minimum Gasteiger partial charge on any atom is -0.490 e. The standard InChI is InChI=1S/C27H32FN3O5/c1-16(2)26(33)30-19-7-10-23-21(12-19)27(34)31(3)22-9-8-20(36-24(22)15-35-23)13-25(32)29-14-17-5-4-6-18(28)11-17/h4-7,10-12,16,20,22,24H,8-9,13-15H2,1-3H3,(H,29,32)(H,30,33)/t20-,22-,24-/m1/s1.